The van der Waals surface area contributed by atoms with Crippen LogP contribution in [-0.2, 0) is 6.54 Å². The Hall–Kier alpha value is -1.08. The van der Waals surface area contributed by atoms with E-state index >= 15 is 0 Å². The molecule has 0 spiro atoms. The molecule has 1 aromatic rings. The first-order chi connectivity index (χ1) is 5.25. The standard InChI is InChI=1S/C7H5BrN2O/c8-6-2-1-3-7(11)10(6)5-4-9/h1-3H,5H2. The first kappa shape index (κ1) is 8.02. The molecule has 4 heteroatoms. The first-order valence-corrected chi connectivity index (χ1v) is 3.77. The van der Waals surface area contributed by atoms with Gasteiger partial charge in [0, 0.05) is 6.07 Å². The van der Waals surface area contributed by atoms with Gasteiger partial charge in [0.1, 0.15) is 6.54 Å². The zero-order valence-corrected chi connectivity index (χ0v) is 7.21. The van der Waals surface area contributed by atoms with E-state index < -0.39 is 0 Å². The van der Waals surface area contributed by atoms with Crippen LogP contribution in [0.4, 0.5) is 0 Å². The molecule has 0 bridgehead atoms. The Kier molecular flexibility index (Phi) is 2.44. The quantitative estimate of drug-likeness (QED) is 0.656. The first-order valence-electron chi connectivity index (χ1n) is 2.98. The van der Waals surface area contributed by atoms with Crippen molar-refractivity contribution in [3.05, 3.63) is 33.2 Å². The van der Waals surface area contributed by atoms with Crippen LogP contribution >= 0.6 is 15.9 Å². The summed E-state index contributed by atoms with van der Waals surface area (Å²) in [6.45, 7) is 0.0836. The molecule has 56 valence electrons. The Labute approximate surface area is 72.0 Å². The monoisotopic (exact) mass is 212 g/mol. The molecule has 0 saturated heterocycles. The van der Waals surface area contributed by atoms with Crippen molar-refractivity contribution >= 4 is 15.9 Å². The SMILES string of the molecule is N#CCn1c(Br)cccc1=O. The van der Waals surface area contributed by atoms with Crippen molar-refractivity contribution in [2.45, 2.75) is 6.54 Å². The molecule has 0 aromatic carbocycles. The second-order valence-electron chi connectivity index (χ2n) is 1.93. The van der Waals surface area contributed by atoms with Crippen LogP contribution in [0, 0.1) is 11.3 Å². The number of nitrogens with zero attached hydrogens (tertiary/aromatic N) is 2. The van der Waals surface area contributed by atoms with Gasteiger partial charge in [-0.2, -0.15) is 5.26 Å². The van der Waals surface area contributed by atoms with E-state index in [4.69, 9.17) is 5.26 Å². The van der Waals surface area contributed by atoms with Gasteiger partial charge in [0.2, 0.25) is 0 Å². The maximum Gasteiger partial charge on any atom is 0.252 e. The molecule has 0 aliphatic carbocycles. The number of rotatable bonds is 1. The van der Waals surface area contributed by atoms with Gasteiger partial charge in [-0.05, 0) is 22.0 Å². The molecule has 0 atom stereocenters. The predicted molar refractivity (Wildman–Crippen MR) is 44.0 cm³/mol. The summed E-state index contributed by atoms with van der Waals surface area (Å²) in [5.41, 5.74) is -0.166. The van der Waals surface area contributed by atoms with Crippen LogP contribution in [0.3, 0.4) is 0 Å². The molecule has 1 aromatic heterocycles. The maximum absolute atomic E-state index is 11.0. The largest absolute Gasteiger partial charge is 0.289 e. The van der Waals surface area contributed by atoms with Crippen molar-refractivity contribution in [1.82, 2.24) is 4.57 Å². The van der Waals surface area contributed by atoms with Gasteiger partial charge in [-0.3, -0.25) is 9.36 Å². The molecule has 1 rings (SSSR count). The Morgan fingerprint density at radius 1 is 1.64 bits per heavy atom. The molecule has 0 amide bonds. The smallest absolute Gasteiger partial charge is 0.252 e. The Morgan fingerprint density at radius 2 is 2.36 bits per heavy atom. The van der Waals surface area contributed by atoms with Gasteiger partial charge in [-0.1, -0.05) is 6.07 Å². The van der Waals surface area contributed by atoms with Crippen molar-refractivity contribution < 1.29 is 0 Å². The zero-order chi connectivity index (χ0) is 8.27. The summed E-state index contributed by atoms with van der Waals surface area (Å²) in [5, 5.41) is 8.34. The van der Waals surface area contributed by atoms with Gasteiger partial charge in [-0.25, -0.2) is 0 Å². The molecule has 0 unspecified atom stereocenters. The third-order valence-corrected chi connectivity index (χ3v) is 1.92. The summed E-state index contributed by atoms with van der Waals surface area (Å²) in [4.78, 5) is 11.0. The second-order valence-corrected chi connectivity index (χ2v) is 2.74. The van der Waals surface area contributed by atoms with Crippen LogP contribution in [0.5, 0.6) is 0 Å². The van der Waals surface area contributed by atoms with E-state index in [1.807, 2.05) is 6.07 Å². The van der Waals surface area contributed by atoms with E-state index in [9.17, 15) is 4.79 Å². The van der Waals surface area contributed by atoms with Crippen molar-refractivity contribution in [2.75, 3.05) is 0 Å². The summed E-state index contributed by atoms with van der Waals surface area (Å²) < 4.78 is 1.98. The number of hydrogen-bond donors (Lipinski definition) is 0. The van der Waals surface area contributed by atoms with Gasteiger partial charge in [0.05, 0.1) is 10.7 Å². The summed E-state index contributed by atoms with van der Waals surface area (Å²) in [6.07, 6.45) is 0. The van der Waals surface area contributed by atoms with Crippen molar-refractivity contribution in [1.29, 1.82) is 5.26 Å². The summed E-state index contributed by atoms with van der Waals surface area (Å²) >= 11 is 3.16. The Morgan fingerprint density at radius 3 is 2.91 bits per heavy atom. The molecule has 0 fully saturated rings. The summed E-state index contributed by atoms with van der Waals surface area (Å²) in [7, 11) is 0. The van der Waals surface area contributed by atoms with Crippen LogP contribution in [0.25, 0.3) is 0 Å². The molecular weight excluding hydrogens is 208 g/mol. The lowest BCUT2D eigenvalue weighted by atomic mass is 10.5. The van der Waals surface area contributed by atoms with Crippen molar-refractivity contribution in [3.63, 3.8) is 0 Å². The van der Waals surface area contributed by atoms with E-state index in [0.717, 1.165) is 0 Å². The van der Waals surface area contributed by atoms with Gasteiger partial charge in [0.15, 0.2) is 0 Å². The average Bonchev–Trinajstić information content (AvgIpc) is 1.97. The van der Waals surface area contributed by atoms with Crippen LogP contribution < -0.4 is 5.56 Å². The lowest BCUT2D eigenvalue weighted by Gasteiger charge is -2.00. The highest BCUT2D eigenvalue weighted by Gasteiger charge is 1.97. The van der Waals surface area contributed by atoms with Crippen molar-refractivity contribution in [2.24, 2.45) is 0 Å². The van der Waals surface area contributed by atoms with E-state index in [1.54, 1.807) is 12.1 Å². The van der Waals surface area contributed by atoms with Gasteiger partial charge in [0.25, 0.3) is 5.56 Å². The normalized spacial score (nSPS) is 9.09. The van der Waals surface area contributed by atoms with E-state index in [0.29, 0.717) is 4.60 Å². The molecule has 1 heterocycles. The van der Waals surface area contributed by atoms with Crippen LogP contribution in [0.1, 0.15) is 0 Å². The summed E-state index contributed by atoms with van der Waals surface area (Å²) in [6, 6.07) is 6.68. The fourth-order valence-electron chi connectivity index (χ4n) is 0.719. The highest BCUT2D eigenvalue weighted by molar-refractivity contribution is 9.10. The Balaban J connectivity index is 3.24. The molecule has 0 N–H and O–H groups in total. The zero-order valence-electron chi connectivity index (χ0n) is 5.62. The molecule has 0 aliphatic heterocycles. The molecule has 0 saturated carbocycles. The highest BCUT2D eigenvalue weighted by Crippen LogP contribution is 2.04. The van der Waals surface area contributed by atoms with Gasteiger partial charge >= 0.3 is 0 Å². The van der Waals surface area contributed by atoms with Crippen LogP contribution in [-0.4, -0.2) is 4.57 Å². The van der Waals surface area contributed by atoms with Crippen molar-refractivity contribution in [3.8, 4) is 6.07 Å². The second kappa shape index (κ2) is 3.35. The molecule has 0 aliphatic rings. The number of nitriles is 1. The minimum Gasteiger partial charge on any atom is -0.289 e. The minimum absolute atomic E-state index is 0.0836. The molecule has 0 radical (unpaired) electrons. The number of aromatic nitrogens is 1. The van der Waals surface area contributed by atoms with Gasteiger partial charge in [-0.15, -0.1) is 0 Å². The highest BCUT2D eigenvalue weighted by atomic mass is 79.9. The van der Waals surface area contributed by atoms with Crippen LogP contribution in [0.2, 0.25) is 0 Å². The fourth-order valence-corrected chi connectivity index (χ4v) is 1.17. The third-order valence-electron chi connectivity index (χ3n) is 1.23. The molecular formula is C7H5BrN2O. The summed E-state index contributed by atoms with van der Waals surface area (Å²) in [5.74, 6) is 0. The predicted octanol–water partition coefficient (Wildman–Crippen LogP) is 1.13. The van der Waals surface area contributed by atoms with E-state index in [1.165, 1.54) is 10.6 Å². The minimum atomic E-state index is -0.166. The Bertz CT molecular complexity index is 350. The lowest BCUT2D eigenvalue weighted by molar-refractivity contribution is 0.767. The third kappa shape index (κ3) is 1.69. The lowest BCUT2D eigenvalue weighted by Crippen LogP contribution is -2.18. The molecule has 11 heavy (non-hydrogen) atoms. The number of halogens is 1. The van der Waals surface area contributed by atoms with Crippen LogP contribution in [0.15, 0.2) is 27.6 Å². The van der Waals surface area contributed by atoms with E-state index in [2.05, 4.69) is 15.9 Å². The van der Waals surface area contributed by atoms with E-state index in [-0.39, 0.29) is 12.1 Å². The molecule has 3 nitrogen and oxygen atoms in total. The topological polar surface area (TPSA) is 45.8 Å². The van der Waals surface area contributed by atoms with Gasteiger partial charge < -0.3 is 0 Å². The fraction of sp³-hybridized carbons (Fsp3) is 0.143. The average molecular weight is 213 g/mol. The maximum atomic E-state index is 11.0. The number of hydrogen-bond acceptors (Lipinski definition) is 2. The number of pyridine rings is 1.